The molecule has 0 spiro atoms. The van der Waals surface area contributed by atoms with E-state index in [-0.39, 0.29) is 46.8 Å². The van der Waals surface area contributed by atoms with E-state index >= 15 is 0 Å². The first-order valence-corrected chi connectivity index (χ1v) is 2.98. The maximum Gasteiger partial charge on any atom is 0.223 e. The molecule has 1 aromatic heterocycles. The van der Waals surface area contributed by atoms with Crippen LogP contribution in [0.2, 0.25) is 0 Å². The Morgan fingerprint density at radius 1 is 1.55 bits per heavy atom. The van der Waals surface area contributed by atoms with E-state index in [0.717, 1.165) is 0 Å². The van der Waals surface area contributed by atoms with Crippen LogP contribution < -0.4 is 5.43 Å². The van der Waals surface area contributed by atoms with Gasteiger partial charge in [-0.05, 0) is 6.92 Å². The summed E-state index contributed by atoms with van der Waals surface area (Å²) in [5.74, 6) is -0.162. The molecule has 0 amide bonds. The second-order valence-electron chi connectivity index (χ2n) is 2.22. The van der Waals surface area contributed by atoms with E-state index in [1.165, 1.54) is 6.07 Å². The van der Waals surface area contributed by atoms with Gasteiger partial charge in [0.15, 0.2) is 5.75 Å². The van der Waals surface area contributed by atoms with E-state index in [0.29, 0.717) is 5.69 Å². The van der Waals surface area contributed by atoms with Crippen molar-refractivity contribution in [3.63, 3.8) is 0 Å². The van der Waals surface area contributed by atoms with Gasteiger partial charge in [-0.3, -0.25) is 4.79 Å². The van der Waals surface area contributed by atoms with Crippen LogP contribution in [-0.4, -0.2) is 9.67 Å². The van der Waals surface area contributed by atoms with Crippen LogP contribution in [0.15, 0.2) is 17.1 Å². The smallest absolute Gasteiger partial charge is 0.223 e. The topological polar surface area (TPSA) is 42.2 Å². The van der Waals surface area contributed by atoms with Gasteiger partial charge in [0.2, 0.25) is 5.43 Å². The number of aromatic nitrogens is 1. The molecular formula is C7H9LaNO2. The minimum atomic E-state index is -0.324. The summed E-state index contributed by atoms with van der Waals surface area (Å²) in [5.41, 5.74) is 0.267. The standard InChI is InChI=1S/C7H9NO2.La/c1-5-7(10)6(9)3-4-8(5)2;/h3-4,10H,1-2H3;. The van der Waals surface area contributed by atoms with Crippen molar-refractivity contribution in [1.82, 2.24) is 4.57 Å². The second-order valence-corrected chi connectivity index (χ2v) is 2.22. The first kappa shape index (κ1) is 10.9. The van der Waals surface area contributed by atoms with Gasteiger partial charge >= 0.3 is 0 Å². The number of hydrogen-bond donors (Lipinski definition) is 1. The fraction of sp³-hybridized carbons (Fsp3) is 0.286. The van der Waals surface area contributed by atoms with Crippen molar-refractivity contribution in [2.24, 2.45) is 7.05 Å². The largest absolute Gasteiger partial charge is 0.503 e. The Labute approximate surface area is 92.7 Å². The Kier molecular flexibility index (Phi) is 4.07. The molecule has 0 aromatic carbocycles. The molecule has 57 valence electrons. The zero-order chi connectivity index (χ0) is 7.72. The molecule has 1 N–H and O–H groups in total. The SMILES string of the molecule is Cc1c(O)c(=O)ccn1C.[La]. The molecule has 0 aliphatic rings. The number of aryl methyl sites for hydroxylation is 1. The molecule has 0 fully saturated rings. The van der Waals surface area contributed by atoms with Gasteiger partial charge in [0.25, 0.3) is 0 Å². The zero-order valence-electron chi connectivity index (χ0n) is 6.53. The monoisotopic (exact) mass is 278 g/mol. The predicted octanol–water partition coefficient (Wildman–Crippen LogP) is 0.399. The second kappa shape index (κ2) is 4.09. The van der Waals surface area contributed by atoms with E-state index < -0.39 is 0 Å². The Balaban J connectivity index is 0.000001000. The number of rotatable bonds is 0. The molecule has 0 unspecified atom stereocenters. The number of pyridine rings is 1. The predicted molar refractivity (Wildman–Crippen MR) is 38.1 cm³/mol. The van der Waals surface area contributed by atoms with E-state index in [9.17, 15) is 4.79 Å². The van der Waals surface area contributed by atoms with Crippen LogP contribution in [0.25, 0.3) is 0 Å². The molecule has 1 heterocycles. The van der Waals surface area contributed by atoms with Crippen LogP contribution in [0.3, 0.4) is 0 Å². The van der Waals surface area contributed by atoms with Crippen LogP contribution in [0.4, 0.5) is 0 Å². The number of aromatic hydroxyl groups is 1. The molecule has 0 aliphatic heterocycles. The molecule has 1 rings (SSSR count). The third kappa shape index (κ3) is 2.19. The Bertz CT molecular complexity index is 306. The van der Waals surface area contributed by atoms with Gasteiger partial charge < -0.3 is 9.67 Å². The van der Waals surface area contributed by atoms with Gasteiger partial charge in [0, 0.05) is 54.9 Å². The van der Waals surface area contributed by atoms with Crippen LogP contribution >= 0.6 is 0 Å². The van der Waals surface area contributed by atoms with Gasteiger partial charge in [-0.25, -0.2) is 0 Å². The van der Waals surface area contributed by atoms with Crippen molar-refractivity contribution in [3.8, 4) is 5.75 Å². The Hall–Kier alpha value is -0.0552. The van der Waals surface area contributed by atoms with Crippen molar-refractivity contribution in [3.05, 3.63) is 28.2 Å². The van der Waals surface area contributed by atoms with E-state index in [2.05, 4.69) is 0 Å². The van der Waals surface area contributed by atoms with Gasteiger partial charge in [0.05, 0.1) is 5.69 Å². The summed E-state index contributed by atoms with van der Waals surface area (Å²) in [6.45, 7) is 1.69. The third-order valence-electron chi connectivity index (χ3n) is 1.55. The zero-order valence-corrected chi connectivity index (χ0v) is 10.2. The summed E-state index contributed by atoms with van der Waals surface area (Å²) >= 11 is 0. The molecule has 1 aromatic rings. The van der Waals surface area contributed by atoms with Crippen LogP contribution in [0.5, 0.6) is 5.75 Å². The maximum atomic E-state index is 10.7. The van der Waals surface area contributed by atoms with E-state index in [4.69, 9.17) is 5.11 Å². The van der Waals surface area contributed by atoms with Crippen molar-refractivity contribution in [1.29, 1.82) is 0 Å². The van der Waals surface area contributed by atoms with Crippen molar-refractivity contribution >= 4 is 0 Å². The first-order chi connectivity index (χ1) is 4.63. The van der Waals surface area contributed by atoms with Gasteiger partial charge in [-0.15, -0.1) is 0 Å². The molecular weight excluding hydrogens is 269 g/mol. The van der Waals surface area contributed by atoms with Crippen LogP contribution in [0.1, 0.15) is 5.69 Å². The normalized spacial score (nSPS) is 8.91. The molecule has 1 radical (unpaired) electrons. The first-order valence-electron chi connectivity index (χ1n) is 2.98. The van der Waals surface area contributed by atoms with Crippen LogP contribution in [-0.2, 0) is 7.05 Å². The maximum absolute atomic E-state index is 10.7. The summed E-state index contributed by atoms with van der Waals surface area (Å²) in [7, 11) is 1.77. The van der Waals surface area contributed by atoms with E-state index in [1.807, 2.05) is 0 Å². The Morgan fingerprint density at radius 3 is 2.55 bits per heavy atom. The summed E-state index contributed by atoms with van der Waals surface area (Å²) < 4.78 is 1.69. The number of hydrogen-bond acceptors (Lipinski definition) is 2. The average molecular weight is 278 g/mol. The van der Waals surface area contributed by atoms with Crippen LogP contribution in [0, 0.1) is 42.5 Å². The third-order valence-corrected chi connectivity index (χ3v) is 1.55. The fourth-order valence-corrected chi connectivity index (χ4v) is 0.716. The quantitative estimate of drug-likeness (QED) is 0.746. The Morgan fingerprint density at radius 2 is 2.09 bits per heavy atom. The summed E-state index contributed by atoms with van der Waals surface area (Å²) in [6.07, 6.45) is 1.62. The minimum Gasteiger partial charge on any atom is -0.503 e. The van der Waals surface area contributed by atoms with Crippen molar-refractivity contribution < 1.29 is 40.7 Å². The molecule has 3 nitrogen and oxygen atoms in total. The molecule has 4 heteroatoms. The molecule has 0 atom stereocenters. The molecule has 0 saturated carbocycles. The molecule has 0 bridgehead atoms. The molecule has 0 saturated heterocycles. The van der Waals surface area contributed by atoms with Gasteiger partial charge in [-0.2, -0.15) is 0 Å². The average Bonchev–Trinajstić information content (AvgIpc) is 1.93. The summed E-state index contributed by atoms with van der Waals surface area (Å²) in [4.78, 5) is 10.7. The fourth-order valence-electron chi connectivity index (χ4n) is 0.716. The van der Waals surface area contributed by atoms with Crippen molar-refractivity contribution in [2.75, 3.05) is 0 Å². The van der Waals surface area contributed by atoms with Gasteiger partial charge in [-0.1, -0.05) is 0 Å². The minimum absolute atomic E-state index is 0. The summed E-state index contributed by atoms with van der Waals surface area (Å²) in [5, 5.41) is 9.05. The van der Waals surface area contributed by atoms with E-state index in [1.54, 1.807) is 24.7 Å². The molecule has 11 heavy (non-hydrogen) atoms. The van der Waals surface area contributed by atoms with Crippen molar-refractivity contribution in [2.45, 2.75) is 6.92 Å². The number of nitrogens with zero attached hydrogens (tertiary/aromatic N) is 1. The van der Waals surface area contributed by atoms with Gasteiger partial charge in [0.1, 0.15) is 0 Å². The summed E-state index contributed by atoms with van der Waals surface area (Å²) in [6, 6.07) is 1.34. The molecule has 0 aliphatic carbocycles.